The average molecular weight is 278 g/mol. The summed E-state index contributed by atoms with van der Waals surface area (Å²) < 4.78 is 4.56. The standard InChI is InChI=1S/C15H22N2O3/c1-20-14(18)9-3-2-6-10-17-15(19)13-8-5-4-7-12(13)11-16/h4-5,7-8H,2-3,6,9-11,16H2,1H3,(H,17,19). The van der Waals surface area contributed by atoms with Gasteiger partial charge < -0.3 is 15.8 Å². The molecule has 0 saturated carbocycles. The quantitative estimate of drug-likeness (QED) is 0.559. The molecular weight excluding hydrogens is 256 g/mol. The van der Waals surface area contributed by atoms with Gasteiger partial charge in [-0.05, 0) is 24.5 Å². The number of hydrogen-bond acceptors (Lipinski definition) is 4. The Kier molecular flexibility index (Phi) is 7.35. The van der Waals surface area contributed by atoms with Crippen LogP contribution in [0.25, 0.3) is 0 Å². The van der Waals surface area contributed by atoms with Crippen molar-refractivity contribution in [1.82, 2.24) is 5.32 Å². The minimum Gasteiger partial charge on any atom is -0.469 e. The van der Waals surface area contributed by atoms with Gasteiger partial charge in [-0.3, -0.25) is 9.59 Å². The minimum absolute atomic E-state index is 0.0981. The van der Waals surface area contributed by atoms with Gasteiger partial charge in [-0.25, -0.2) is 0 Å². The van der Waals surface area contributed by atoms with E-state index in [1.807, 2.05) is 18.2 Å². The van der Waals surface area contributed by atoms with E-state index in [9.17, 15) is 9.59 Å². The topological polar surface area (TPSA) is 81.4 Å². The van der Waals surface area contributed by atoms with Gasteiger partial charge in [0, 0.05) is 25.1 Å². The van der Waals surface area contributed by atoms with Gasteiger partial charge in [0.05, 0.1) is 7.11 Å². The molecule has 0 aliphatic heterocycles. The SMILES string of the molecule is COC(=O)CCCCCNC(=O)c1ccccc1CN. The predicted molar refractivity (Wildman–Crippen MR) is 77.2 cm³/mol. The molecule has 20 heavy (non-hydrogen) atoms. The van der Waals surface area contributed by atoms with Gasteiger partial charge in [0.2, 0.25) is 0 Å². The van der Waals surface area contributed by atoms with Crippen molar-refractivity contribution < 1.29 is 14.3 Å². The van der Waals surface area contributed by atoms with E-state index in [2.05, 4.69) is 10.1 Å². The zero-order valence-corrected chi connectivity index (χ0v) is 11.9. The molecule has 1 rings (SSSR count). The Morgan fingerprint density at radius 1 is 1.20 bits per heavy atom. The smallest absolute Gasteiger partial charge is 0.305 e. The Hall–Kier alpha value is -1.88. The maximum atomic E-state index is 12.0. The van der Waals surface area contributed by atoms with Gasteiger partial charge in [-0.1, -0.05) is 24.6 Å². The average Bonchev–Trinajstić information content (AvgIpc) is 2.49. The Morgan fingerprint density at radius 2 is 1.95 bits per heavy atom. The fourth-order valence-electron chi connectivity index (χ4n) is 1.89. The van der Waals surface area contributed by atoms with E-state index in [-0.39, 0.29) is 11.9 Å². The molecule has 0 saturated heterocycles. The maximum absolute atomic E-state index is 12.0. The van der Waals surface area contributed by atoms with Crippen LogP contribution in [0.15, 0.2) is 24.3 Å². The molecule has 0 atom stereocenters. The predicted octanol–water partition coefficient (Wildman–Crippen LogP) is 1.61. The highest BCUT2D eigenvalue weighted by atomic mass is 16.5. The van der Waals surface area contributed by atoms with Crippen LogP contribution in [0, 0.1) is 0 Å². The number of amides is 1. The summed E-state index contributed by atoms with van der Waals surface area (Å²) in [6.07, 6.45) is 2.93. The third-order valence-electron chi connectivity index (χ3n) is 3.05. The number of hydrogen-bond donors (Lipinski definition) is 2. The van der Waals surface area contributed by atoms with Gasteiger partial charge in [0.25, 0.3) is 5.91 Å². The lowest BCUT2D eigenvalue weighted by Gasteiger charge is -2.08. The van der Waals surface area contributed by atoms with Crippen LogP contribution in [0.2, 0.25) is 0 Å². The first-order valence-electron chi connectivity index (χ1n) is 6.82. The van der Waals surface area contributed by atoms with E-state index >= 15 is 0 Å². The van der Waals surface area contributed by atoms with Crippen LogP contribution in [-0.2, 0) is 16.1 Å². The first-order chi connectivity index (χ1) is 9.69. The molecule has 0 radical (unpaired) electrons. The lowest BCUT2D eigenvalue weighted by Crippen LogP contribution is -2.26. The molecule has 0 aromatic heterocycles. The van der Waals surface area contributed by atoms with E-state index < -0.39 is 0 Å². The highest BCUT2D eigenvalue weighted by Crippen LogP contribution is 2.07. The maximum Gasteiger partial charge on any atom is 0.305 e. The lowest BCUT2D eigenvalue weighted by molar-refractivity contribution is -0.140. The van der Waals surface area contributed by atoms with E-state index in [0.29, 0.717) is 25.1 Å². The molecular formula is C15H22N2O3. The van der Waals surface area contributed by atoms with Crippen LogP contribution >= 0.6 is 0 Å². The first-order valence-corrected chi connectivity index (χ1v) is 6.82. The lowest BCUT2D eigenvalue weighted by atomic mass is 10.1. The fraction of sp³-hybridized carbons (Fsp3) is 0.467. The molecule has 1 aromatic rings. The summed E-state index contributed by atoms with van der Waals surface area (Å²) in [4.78, 5) is 22.9. The van der Waals surface area contributed by atoms with Gasteiger partial charge in [-0.2, -0.15) is 0 Å². The van der Waals surface area contributed by atoms with Crippen LogP contribution in [0.4, 0.5) is 0 Å². The van der Waals surface area contributed by atoms with E-state index in [4.69, 9.17) is 5.73 Å². The van der Waals surface area contributed by atoms with E-state index in [1.54, 1.807) is 6.07 Å². The molecule has 0 aliphatic rings. The number of rotatable bonds is 8. The second-order valence-electron chi connectivity index (χ2n) is 4.50. The number of nitrogens with one attached hydrogen (secondary N) is 1. The van der Waals surface area contributed by atoms with Crippen molar-refractivity contribution in [3.63, 3.8) is 0 Å². The number of benzene rings is 1. The number of carbonyl (C=O) groups excluding carboxylic acids is 2. The van der Waals surface area contributed by atoms with Crippen LogP contribution in [-0.4, -0.2) is 25.5 Å². The van der Waals surface area contributed by atoms with Crippen LogP contribution < -0.4 is 11.1 Å². The van der Waals surface area contributed by atoms with Crippen LogP contribution in [0.5, 0.6) is 0 Å². The summed E-state index contributed by atoms with van der Waals surface area (Å²) in [6, 6.07) is 7.32. The third-order valence-corrected chi connectivity index (χ3v) is 3.05. The summed E-state index contributed by atoms with van der Waals surface area (Å²) in [5, 5.41) is 2.87. The summed E-state index contributed by atoms with van der Waals surface area (Å²) in [7, 11) is 1.39. The number of carbonyl (C=O) groups is 2. The van der Waals surface area contributed by atoms with Gasteiger partial charge in [0.1, 0.15) is 0 Å². The molecule has 0 bridgehead atoms. The fourth-order valence-corrected chi connectivity index (χ4v) is 1.89. The van der Waals surface area contributed by atoms with Crippen LogP contribution in [0.3, 0.4) is 0 Å². The van der Waals surface area contributed by atoms with Gasteiger partial charge in [0.15, 0.2) is 0 Å². The largest absolute Gasteiger partial charge is 0.469 e. The van der Waals surface area contributed by atoms with Crippen molar-refractivity contribution in [3.05, 3.63) is 35.4 Å². The Bertz CT molecular complexity index is 446. The molecule has 1 amide bonds. The second-order valence-corrected chi connectivity index (χ2v) is 4.50. The highest BCUT2D eigenvalue weighted by molar-refractivity contribution is 5.95. The Balaban J connectivity index is 2.25. The molecule has 3 N–H and O–H groups in total. The highest BCUT2D eigenvalue weighted by Gasteiger charge is 2.08. The monoisotopic (exact) mass is 278 g/mol. The zero-order valence-electron chi connectivity index (χ0n) is 11.9. The minimum atomic E-state index is -0.189. The van der Waals surface area contributed by atoms with Crippen molar-refractivity contribution in [2.75, 3.05) is 13.7 Å². The normalized spacial score (nSPS) is 10.1. The van der Waals surface area contributed by atoms with Gasteiger partial charge in [-0.15, -0.1) is 0 Å². The van der Waals surface area contributed by atoms with Gasteiger partial charge >= 0.3 is 5.97 Å². The zero-order chi connectivity index (χ0) is 14.8. The molecule has 0 aliphatic carbocycles. The third kappa shape index (κ3) is 5.40. The Morgan fingerprint density at radius 3 is 2.65 bits per heavy atom. The van der Waals surface area contributed by atoms with E-state index in [0.717, 1.165) is 24.8 Å². The molecule has 110 valence electrons. The van der Waals surface area contributed by atoms with Crippen molar-refractivity contribution in [3.8, 4) is 0 Å². The molecule has 5 nitrogen and oxygen atoms in total. The molecule has 0 spiro atoms. The molecule has 0 unspecified atom stereocenters. The first kappa shape index (κ1) is 16.2. The number of ether oxygens (including phenoxy) is 1. The van der Waals surface area contributed by atoms with Crippen molar-refractivity contribution in [1.29, 1.82) is 0 Å². The summed E-state index contributed by atoms with van der Waals surface area (Å²) in [5.74, 6) is -0.287. The summed E-state index contributed by atoms with van der Waals surface area (Å²) >= 11 is 0. The van der Waals surface area contributed by atoms with Crippen molar-refractivity contribution >= 4 is 11.9 Å². The van der Waals surface area contributed by atoms with E-state index in [1.165, 1.54) is 7.11 Å². The molecule has 0 fully saturated rings. The Labute approximate surface area is 119 Å². The second kappa shape index (κ2) is 9.09. The van der Waals surface area contributed by atoms with Crippen LogP contribution in [0.1, 0.15) is 41.6 Å². The number of esters is 1. The number of unbranched alkanes of at least 4 members (excludes halogenated alkanes) is 2. The van der Waals surface area contributed by atoms with Crippen molar-refractivity contribution in [2.45, 2.75) is 32.2 Å². The number of nitrogens with two attached hydrogens (primary N) is 1. The molecule has 1 aromatic carbocycles. The van der Waals surface area contributed by atoms with Crippen molar-refractivity contribution in [2.24, 2.45) is 5.73 Å². The summed E-state index contributed by atoms with van der Waals surface area (Å²) in [6.45, 7) is 0.946. The summed E-state index contributed by atoms with van der Waals surface area (Å²) in [5.41, 5.74) is 7.07. The molecule has 0 heterocycles. The molecule has 5 heteroatoms. The number of methoxy groups -OCH3 is 1.